The van der Waals surface area contributed by atoms with Crippen LogP contribution >= 0.6 is 0 Å². The van der Waals surface area contributed by atoms with Crippen LogP contribution in [0.5, 0.6) is 5.75 Å². The van der Waals surface area contributed by atoms with Crippen molar-refractivity contribution in [3.63, 3.8) is 0 Å². The lowest BCUT2D eigenvalue weighted by atomic mass is 10.1. The number of rotatable bonds is 1. The van der Waals surface area contributed by atoms with Crippen LogP contribution < -0.4 is 20.9 Å². The van der Waals surface area contributed by atoms with Gasteiger partial charge in [0.05, 0.1) is 12.8 Å². The van der Waals surface area contributed by atoms with Crippen LogP contribution in [0, 0.1) is 0 Å². The summed E-state index contributed by atoms with van der Waals surface area (Å²) in [4.78, 5) is 8.89. The minimum atomic E-state index is -1.08. The van der Waals surface area contributed by atoms with Gasteiger partial charge in [0, 0.05) is 24.3 Å². The van der Waals surface area contributed by atoms with E-state index >= 15 is 0 Å². The first-order valence-corrected chi connectivity index (χ1v) is 4.92. The first kappa shape index (κ1) is 12.2. The van der Waals surface area contributed by atoms with Crippen molar-refractivity contribution in [2.45, 2.75) is 13.3 Å². The lowest BCUT2D eigenvalue weighted by Crippen LogP contribution is -2.16. The molecule has 2 rings (SSSR count). The molecule has 0 fully saturated rings. The molecule has 0 amide bonds. The molecular weight excluding hydrogens is 208 g/mol. The lowest BCUT2D eigenvalue weighted by Gasteiger charge is -2.06. The zero-order chi connectivity index (χ0) is 12.1. The molecule has 88 valence electrons. The highest BCUT2D eigenvalue weighted by molar-refractivity contribution is 5.67. The van der Waals surface area contributed by atoms with E-state index in [0.717, 1.165) is 37.0 Å². The molecule has 0 spiro atoms. The monoisotopic (exact) mass is 223 g/mol. The van der Waals surface area contributed by atoms with Gasteiger partial charge in [-0.25, -0.2) is 0 Å². The molecule has 1 aliphatic heterocycles. The average Bonchev–Trinajstić information content (AvgIpc) is 2.62. The number of hydrogen-bond acceptors (Lipinski definition) is 5. The normalized spacial score (nSPS) is 11.9. The average molecular weight is 223 g/mol. The van der Waals surface area contributed by atoms with E-state index < -0.39 is 5.97 Å². The molecule has 1 aromatic carbocycles. The summed E-state index contributed by atoms with van der Waals surface area (Å²) in [7, 11) is 1.63. The Balaban J connectivity index is 0.000000280. The minimum absolute atomic E-state index is 0.722. The van der Waals surface area contributed by atoms with Crippen LogP contribution in [0.15, 0.2) is 12.1 Å². The van der Waals surface area contributed by atoms with Gasteiger partial charge in [0.1, 0.15) is 5.75 Å². The second-order valence-electron chi connectivity index (χ2n) is 3.42. The van der Waals surface area contributed by atoms with E-state index in [0.29, 0.717) is 0 Å². The number of carbonyl (C=O) groups excluding carboxylic acids is 1. The number of ether oxygens (including phenoxy) is 1. The minimum Gasteiger partial charge on any atom is -0.550 e. The van der Waals surface area contributed by atoms with Crippen LogP contribution in [-0.4, -0.2) is 19.6 Å². The molecule has 3 N–H and O–H groups in total. The summed E-state index contributed by atoms with van der Waals surface area (Å²) in [5.74, 6) is -0.330. The summed E-state index contributed by atoms with van der Waals surface area (Å²) in [5, 5.41) is 12.2. The number of nitrogens with one attached hydrogen (secondary N) is 1. The van der Waals surface area contributed by atoms with Crippen LogP contribution in [0.1, 0.15) is 12.5 Å². The van der Waals surface area contributed by atoms with Crippen molar-refractivity contribution in [1.29, 1.82) is 0 Å². The summed E-state index contributed by atoms with van der Waals surface area (Å²) in [6.45, 7) is 1.97. The highest BCUT2D eigenvalue weighted by Gasteiger charge is 2.12. The van der Waals surface area contributed by atoms with Gasteiger partial charge in [-0.05, 0) is 25.0 Å². The number of fused-ring (bicyclic) bond motifs is 1. The van der Waals surface area contributed by atoms with E-state index in [2.05, 4.69) is 5.32 Å². The van der Waals surface area contributed by atoms with E-state index in [-0.39, 0.29) is 0 Å². The fraction of sp³-hybridized carbons (Fsp3) is 0.364. The molecule has 0 radical (unpaired) electrons. The second kappa shape index (κ2) is 5.25. The van der Waals surface area contributed by atoms with Gasteiger partial charge >= 0.3 is 0 Å². The first-order chi connectivity index (χ1) is 7.54. The highest BCUT2D eigenvalue weighted by atomic mass is 16.5. The summed E-state index contributed by atoms with van der Waals surface area (Å²) in [6.07, 6.45) is 1.06. The number of nitrogens with two attached hydrogens (primary N) is 1. The zero-order valence-corrected chi connectivity index (χ0v) is 9.37. The largest absolute Gasteiger partial charge is 0.550 e. The molecule has 5 nitrogen and oxygen atoms in total. The van der Waals surface area contributed by atoms with Gasteiger partial charge in [-0.15, -0.1) is 0 Å². The topological polar surface area (TPSA) is 87.4 Å². The third-order valence-corrected chi connectivity index (χ3v) is 2.17. The van der Waals surface area contributed by atoms with Gasteiger partial charge in [-0.1, -0.05) is 0 Å². The van der Waals surface area contributed by atoms with Crippen LogP contribution in [-0.2, 0) is 11.2 Å². The molecule has 5 heteroatoms. The van der Waals surface area contributed by atoms with E-state index in [1.54, 1.807) is 7.11 Å². The van der Waals surface area contributed by atoms with Crippen LogP contribution in [0.3, 0.4) is 0 Å². The van der Waals surface area contributed by atoms with Gasteiger partial charge in [0.15, 0.2) is 0 Å². The first-order valence-electron chi connectivity index (χ1n) is 4.92. The van der Waals surface area contributed by atoms with E-state index in [1.165, 1.54) is 5.56 Å². The molecule has 0 aliphatic carbocycles. The van der Waals surface area contributed by atoms with E-state index in [1.807, 2.05) is 12.1 Å². The van der Waals surface area contributed by atoms with Gasteiger partial charge < -0.3 is 25.7 Å². The molecule has 0 saturated carbocycles. The number of hydrogen-bond donors (Lipinski definition) is 2. The molecule has 16 heavy (non-hydrogen) atoms. The maximum Gasteiger partial charge on any atom is 0.143 e. The molecule has 1 aromatic rings. The predicted molar refractivity (Wildman–Crippen MR) is 60.3 cm³/mol. The number of aliphatic carboxylic acids is 1. The summed E-state index contributed by atoms with van der Waals surface area (Å²) < 4.78 is 5.11. The third kappa shape index (κ3) is 3.05. The van der Waals surface area contributed by atoms with E-state index in [4.69, 9.17) is 20.4 Å². The number of benzene rings is 1. The van der Waals surface area contributed by atoms with E-state index in [9.17, 15) is 0 Å². The second-order valence-corrected chi connectivity index (χ2v) is 3.42. The number of anilines is 2. The van der Waals surface area contributed by atoms with Gasteiger partial charge in [-0.2, -0.15) is 0 Å². The number of methoxy groups -OCH3 is 1. The smallest absolute Gasteiger partial charge is 0.143 e. The Bertz CT molecular complexity index is 386. The standard InChI is InChI=1S/C9H12N2O.C2H4O2/c1-12-9-5-8-6(2-3-11-8)4-7(9)10;1-2(3)4/h4-5,11H,2-3,10H2,1H3;1H3,(H,3,4)/p-1. The van der Waals surface area contributed by atoms with Gasteiger partial charge in [-0.3, -0.25) is 0 Å². The SMILES string of the molecule is CC(=O)[O-].COc1cc2c(cc1N)CCN2. The number of carboxylic acid groups (broad SMARTS) is 1. The van der Waals surface area contributed by atoms with Crippen molar-refractivity contribution in [1.82, 2.24) is 0 Å². The molecule has 0 saturated heterocycles. The number of carboxylic acids is 1. The molecule has 0 bridgehead atoms. The maximum absolute atomic E-state index is 8.89. The quantitative estimate of drug-likeness (QED) is 0.654. The molecule has 1 heterocycles. The van der Waals surface area contributed by atoms with Crippen LogP contribution in [0.4, 0.5) is 11.4 Å². The maximum atomic E-state index is 8.89. The Labute approximate surface area is 94.2 Å². The van der Waals surface area contributed by atoms with Crippen LogP contribution in [0.2, 0.25) is 0 Å². The summed E-state index contributed by atoms with van der Waals surface area (Å²) in [5.41, 5.74) is 8.91. The highest BCUT2D eigenvalue weighted by Crippen LogP contribution is 2.31. The van der Waals surface area contributed by atoms with Crippen molar-refractivity contribution >= 4 is 17.3 Å². The third-order valence-electron chi connectivity index (χ3n) is 2.17. The Hall–Kier alpha value is -1.91. The summed E-state index contributed by atoms with van der Waals surface area (Å²) >= 11 is 0. The Morgan fingerprint density at radius 1 is 1.56 bits per heavy atom. The number of carbonyl (C=O) groups is 1. The predicted octanol–water partition coefficient (Wildman–Crippen LogP) is 0.00160. The van der Waals surface area contributed by atoms with Crippen molar-refractivity contribution in [2.24, 2.45) is 0 Å². The summed E-state index contributed by atoms with van der Waals surface area (Å²) in [6, 6.07) is 3.94. The molecule has 0 atom stereocenters. The van der Waals surface area contributed by atoms with Crippen molar-refractivity contribution < 1.29 is 14.6 Å². The van der Waals surface area contributed by atoms with Gasteiger partial charge in [0.25, 0.3) is 0 Å². The Morgan fingerprint density at radius 3 is 2.75 bits per heavy atom. The van der Waals surface area contributed by atoms with Crippen molar-refractivity contribution in [3.8, 4) is 5.75 Å². The lowest BCUT2D eigenvalue weighted by molar-refractivity contribution is -0.302. The molecule has 1 aliphatic rings. The van der Waals surface area contributed by atoms with Gasteiger partial charge in [0.2, 0.25) is 0 Å². The zero-order valence-electron chi connectivity index (χ0n) is 9.37. The number of nitrogen functional groups attached to an aromatic ring is 1. The molecule has 0 unspecified atom stereocenters. The molecule has 0 aromatic heterocycles. The molecular formula is C11H15N2O3-. The van der Waals surface area contributed by atoms with Crippen molar-refractivity contribution in [2.75, 3.05) is 24.7 Å². The Morgan fingerprint density at radius 2 is 2.19 bits per heavy atom. The van der Waals surface area contributed by atoms with Crippen molar-refractivity contribution in [3.05, 3.63) is 17.7 Å². The Kier molecular flexibility index (Phi) is 3.99. The fourth-order valence-electron chi connectivity index (χ4n) is 1.52. The fourth-order valence-corrected chi connectivity index (χ4v) is 1.52. The van der Waals surface area contributed by atoms with Crippen LogP contribution in [0.25, 0.3) is 0 Å².